The lowest BCUT2D eigenvalue weighted by Crippen LogP contribution is -2.29. The highest BCUT2D eigenvalue weighted by atomic mass is 32.2. The molecule has 1 N–H and O–H groups in total. The summed E-state index contributed by atoms with van der Waals surface area (Å²) in [6.45, 7) is 3.09. The number of sulfone groups is 1. The number of hydrogen-bond acceptors (Lipinski definition) is 6. The Morgan fingerprint density at radius 3 is 2.83 bits per heavy atom. The van der Waals surface area contributed by atoms with Crippen molar-refractivity contribution in [3.8, 4) is 5.75 Å². The Hall–Kier alpha value is -1.44. The van der Waals surface area contributed by atoms with Crippen LogP contribution in [0.5, 0.6) is 5.75 Å². The number of hydrogen-bond donors (Lipinski definition) is 1. The van der Waals surface area contributed by atoms with Gasteiger partial charge < -0.3 is 10.1 Å². The molecule has 1 saturated heterocycles. The van der Waals surface area contributed by atoms with Gasteiger partial charge in [-0.05, 0) is 25.5 Å². The molecule has 5 nitrogen and oxygen atoms in total. The minimum atomic E-state index is -2.84. The van der Waals surface area contributed by atoms with Gasteiger partial charge in [-0.2, -0.15) is 0 Å². The maximum absolute atomic E-state index is 11.4. The van der Waals surface area contributed by atoms with Gasteiger partial charge in [0, 0.05) is 18.0 Å². The molecule has 0 saturated carbocycles. The number of aromatic nitrogens is 1. The fourth-order valence-corrected chi connectivity index (χ4v) is 4.89. The maximum Gasteiger partial charge on any atom is 0.151 e. The van der Waals surface area contributed by atoms with E-state index in [2.05, 4.69) is 10.3 Å². The van der Waals surface area contributed by atoms with Crippen LogP contribution in [0.3, 0.4) is 0 Å². The Morgan fingerprint density at radius 2 is 2.13 bits per heavy atom. The zero-order valence-electron chi connectivity index (χ0n) is 13.0. The predicted octanol–water partition coefficient (Wildman–Crippen LogP) is 2.31. The van der Waals surface area contributed by atoms with Crippen LogP contribution in [0.1, 0.15) is 22.7 Å². The van der Waals surface area contributed by atoms with Gasteiger partial charge in [0.05, 0.1) is 17.2 Å². The topological polar surface area (TPSA) is 68.3 Å². The van der Waals surface area contributed by atoms with E-state index >= 15 is 0 Å². The molecule has 2 aromatic rings. The number of aryl methyl sites for hydroxylation is 1. The standard InChI is InChI=1S/C16H20N2O3S2/c1-12-2-4-15(5-3-12)21-9-16-18-14(10-22-16)8-17-13-6-7-23(19,20)11-13/h2-5,10,13,17H,6-9,11H2,1H3. The normalized spacial score (nSPS) is 19.8. The molecule has 0 radical (unpaired) electrons. The molecule has 0 spiro atoms. The van der Waals surface area contributed by atoms with Gasteiger partial charge in [0.1, 0.15) is 17.4 Å². The van der Waals surface area contributed by atoms with Crippen molar-refractivity contribution in [2.75, 3.05) is 11.5 Å². The van der Waals surface area contributed by atoms with Crippen LogP contribution >= 0.6 is 11.3 Å². The smallest absolute Gasteiger partial charge is 0.151 e. The third-order valence-electron chi connectivity index (χ3n) is 3.79. The van der Waals surface area contributed by atoms with Crippen molar-refractivity contribution in [3.63, 3.8) is 0 Å². The molecule has 1 aliphatic heterocycles. The third-order valence-corrected chi connectivity index (χ3v) is 6.43. The largest absolute Gasteiger partial charge is 0.486 e. The van der Waals surface area contributed by atoms with Crippen molar-refractivity contribution in [2.24, 2.45) is 0 Å². The fourth-order valence-electron chi connectivity index (χ4n) is 2.48. The van der Waals surface area contributed by atoms with Gasteiger partial charge in [-0.25, -0.2) is 13.4 Å². The summed E-state index contributed by atoms with van der Waals surface area (Å²) >= 11 is 1.56. The van der Waals surface area contributed by atoms with Crippen LogP contribution in [-0.4, -0.2) is 30.9 Å². The Labute approximate surface area is 140 Å². The first-order valence-electron chi connectivity index (χ1n) is 7.57. The summed E-state index contributed by atoms with van der Waals surface area (Å²) < 4.78 is 28.6. The summed E-state index contributed by atoms with van der Waals surface area (Å²) in [6, 6.07) is 7.98. The molecule has 1 unspecified atom stereocenters. The molecular formula is C16H20N2O3S2. The lowest BCUT2D eigenvalue weighted by molar-refractivity contribution is 0.305. The molecule has 23 heavy (non-hydrogen) atoms. The summed E-state index contributed by atoms with van der Waals surface area (Å²) in [5.74, 6) is 1.36. The number of benzene rings is 1. The molecule has 0 amide bonds. The summed E-state index contributed by atoms with van der Waals surface area (Å²) in [4.78, 5) is 4.52. The highest BCUT2D eigenvalue weighted by Crippen LogP contribution is 2.17. The average molecular weight is 352 g/mol. The van der Waals surface area contributed by atoms with Crippen molar-refractivity contribution < 1.29 is 13.2 Å². The second-order valence-corrected chi connectivity index (χ2v) is 8.99. The Balaban J connectivity index is 1.47. The van der Waals surface area contributed by atoms with Gasteiger partial charge in [0.2, 0.25) is 0 Å². The van der Waals surface area contributed by atoms with Crippen LogP contribution in [0.15, 0.2) is 29.6 Å². The van der Waals surface area contributed by atoms with Crippen LogP contribution in [-0.2, 0) is 23.0 Å². The molecule has 3 rings (SSSR count). The molecule has 1 aromatic heterocycles. The summed E-state index contributed by atoms with van der Waals surface area (Å²) in [5.41, 5.74) is 2.13. The van der Waals surface area contributed by atoms with E-state index in [-0.39, 0.29) is 17.5 Å². The van der Waals surface area contributed by atoms with E-state index in [1.807, 2.05) is 36.6 Å². The second-order valence-electron chi connectivity index (χ2n) is 5.82. The number of rotatable bonds is 6. The number of nitrogens with one attached hydrogen (secondary N) is 1. The van der Waals surface area contributed by atoms with Crippen LogP contribution in [0.25, 0.3) is 0 Å². The molecule has 0 aliphatic carbocycles. The molecule has 7 heteroatoms. The monoisotopic (exact) mass is 352 g/mol. The number of nitrogens with zero attached hydrogens (tertiary/aromatic N) is 1. The van der Waals surface area contributed by atoms with Gasteiger partial charge in [-0.3, -0.25) is 0 Å². The zero-order valence-corrected chi connectivity index (χ0v) is 14.6. The SMILES string of the molecule is Cc1ccc(OCc2nc(CNC3CCS(=O)(=O)C3)cs2)cc1. The van der Waals surface area contributed by atoms with E-state index in [1.54, 1.807) is 11.3 Å². The zero-order chi connectivity index (χ0) is 16.3. The van der Waals surface area contributed by atoms with E-state index in [9.17, 15) is 8.42 Å². The predicted molar refractivity (Wildman–Crippen MR) is 91.5 cm³/mol. The Morgan fingerprint density at radius 1 is 1.35 bits per heavy atom. The van der Waals surface area contributed by atoms with Crippen LogP contribution < -0.4 is 10.1 Å². The quantitative estimate of drug-likeness (QED) is 0.864. The first-order chi connectivity index (χ1) is 11.0. The minimum absolute atomic E-state index is 0.0500. The molecule has 1 aliphatic rings. The van der Waals surface area contributed by atoms with Crippen molar-refractivity contribution >= 4 is 21.2 Å². The first-order valence-corrected chi connectivity index (χ1v) is 10.3. The van der Waals surface area contributed by atoms with E-state index in [4.69, 9.17) is 4.74 Å². The highest BCUT2D eigenvalue weighted by Gasteiger charge is 2.27. The van der Waals surface area contributed by atoms with Gasteiger partial charge in [0.25, 0.3) is 0 Å². The average Bonchev–Trinajstić information content (AvgIpc) is 3.11. The highest BCUT2D eigenvalue weighted by molar-refractivity contribution is 7.91. The van der Waals surface area contributed by atoms with Gasteiger partial charge in [-0.1, -0.05) is 17.7 Å². The fraction of sp³-hybridized carbons (Fsp3) is 0.438. The molecular weight excluding hydrogens is 332 g/mol. The van der Waals surface area contributed by atoms with Crippen molar-refractivity contribution in [1.82, 2.24) is 10.3 Å². The minimum Gasteiger partial charge on any atom is -0.486 e. The molecule has 1 atom stereocenters. The van der Waals surface area contributed by atoms with E-state index in [0.29, 0.717) is 19.6 Å². The molecule has 2 heterocycles. The van der Waals surface area contributed by atoms with Crippen molar-refractivity contribution in [2.45, 2.75) is 32.5 Å². The second kappa shape index (κ2) is 6.98. The molecule has 0 bridgehead atoms. The number of thiazole rings is 1. The van der Waals surface area contributed by atoms with Crippen LogP contribution in [0, 0.1) is 6.92 Å². The maximum atomic E-state index is 11.4. The summed E-state index contributed by atoms with van der Waals surface area (Å²) in [5, 5.41) is 6.18. The van der Waals surface area contributed by atoms with Crippen LogP contribution in [0.4, 0.5) is 0 Å². The van der Waals surface area contributed by atoms with Gasteiger partial charge >= 0.3 is 0 Å². The Bertz CT molecular complexity index is 754. The van der Waals surface area contributed by atoms with E-state index in [0.717, 1.165) is 16.5 Å². The number of ether oxygens (including phenoxy) is 1. The third kappa shape index (κ3) is 4.76. The summed E-state index contributed by atoms with van der Waals surface area (Å²) in [6.07, 6.45) is 0.690. The summed E-state index contributed by atoms with van der Waals surface area (Å²) in [7, 11) is -2.84. The molecule has 1 fully saturated rings. The lowest BCUT2D eigenvalue weighted by Gasteiger charge is -2.08. The lowest BCUT2D eigenvalue weighted by atomic mass is 10.2. The van der Waals surface area contributed by atoms with Crippen molar-refractivity contribution in [1.29, 1.82) is 0 Å². The molecule has 1 aromatic carbocycles. The van der Waals surface area contributed by atoms with E-state index < -0.39 is 9.84 Å². The van der Waals surface area contributed by atoms with Gasteiger partial charge in [0.15, 0.2) is 9.84 Å². The Kier molecular flexibility index (Phi) is 4.99. The van der Waals surface area contributed by atoms with Crippen LogP contribution in [0.2, 0.25) is 0 Å². The molecule has 124 valence electrons. The van der Waals surface area contributed by atoms with Crippen molar-refractivity contribution in [3.05, 3.63) is 45.9 Å². The first kappa shape index (κ1) is 16.4. The van der Waals surface area contributed by atoms with E-state index in [1.165, 1.54) is 5.56 Å². The van der Waals surface area contributed by atoms with Gasteiger partial charge in [-0.15, -0.1) is 11.3 Å².